The van der Waals surface area contributed by atoms with Gasteiger partial charge >= 0.3 is 5.92 Å². The van der Waals surface area contributed by atoms with Gasteiger partial charge in [-0.25, -0.2) is 13.8 Å². The van der Waals surface area contributed by atoms with Crippen LogP contribution < -0.4 is 4.74 Å². The summed E-state index contributed by atoms with van der Waals surface area (Å²) in [7, 11) is 1.48. The number of nitrogens with zero attached hydrogens (tertiary/aromatic N) is 6. The first-order valence-corrected chi connectivity index (χ1v) is 17.2. The lowest BCUT2D eigenvalue weighted by Crippen LogP contribution is -2.42. The number of rotatable bonds is 10. The molecule has 2 aliphatic rings. The number of aliphatic hydroxyl groups is 1. The average Bonchev–Trinajstić information content (AvgIpc) is 3.76. The van der Waals surface area contributed by atoms with Gasteiger partial charge in [0.25, 0.3) is 0 Å². The van der Waals surface area contributed by atoms with E-state index >= 15 is 13.2 Å². The predicted octanol–water partition coefficient (Wildman–Crippen LogP) is 6.18. The molecule has 0 saturated carbocycles. The minimum Gasteiger partial charge on any atom is -0.490 e. The zero-order valence-corrected chi connectivity index (χ0v) is 28.7. The molecule has 1 aromatic carbocycles. The number of fused-ring (bicyclic) bond motifs is 3. The maximum absolute atomic E-state index is 16.1. The first-order chi connectivity index (χ1) is 24.5. The Kier molecular flexibility index (Phi) is 9.39. The van der Waals surface area contributed by atoms with E-state index in [0.29, 0.717) is 56.9 Å². The molecule has 10 nitrogen and oxygen atoms in total. The molecular formula is C36H34F4N6O4S. The summed E-state index contributed by atoms with van der Waals surface area (Å²) in [4.78, 5) is 25.1. The van der Waals surface area contributed by atoms with Gasteiger partial charge in [-0.2, -0.15) is 13.9 Å². The third-order valence-corrected chi connectivity index (χ3v) is 10.1. The molecule has 7 rings (SSSR count). The molecule has 0 aliphatic carbocycles. The Labute approximate surface area is 294 Å². The number of aliphatic hydroxyl groups excluding tert-OH is 1. The van der Waals surface area contributed by atoms with Gasteiger partial charge in [-0.15, -0.1) is 11.3 Å². The highest BCUT2D eigenvalue weighted by molar-refractivity contribution is 7.18. The molecule has 15 heteroatoms. The third kappa shape index (κ3) is 6.28. The van der Waals surface area contributed by atoms with E-state index in [-0.39, 0.29) is 67.6 Å². The molecule has 0 bridgehead atoms. The van der Waals surface area contributed by atoms with Crippen LogP contribution in [0, 0.1) is 11.6 Å². The summed E-state index contributed by atoms with van der Waals surface area (Å²) in [5, 5.41) is 16.7. The number of ether oxygens (including phenoxy) is 2. The number of aromatic nitrogens is 4. The Morgan fingerprint density at radius 1 is 1.16 bits per heavy atom. The lowest BCUT2D eigenvalue weighted by Gasteiger charge is -2.33. The largest absolute Gasteiger partial charge is 0.490 e. The molecule has 2 aliphatic heterocycles. The number of halogens is 4. The van der Waals surface area contributed by atoms with Gasteiger partial charge in [0.15, 0.2) is 0 Å². The average molecular weight is 723 g/mol. The number of pyridine rings is 2. The highest BCUT2D eigenvalue weighted by Crippen LogP contribution is 2.48. The van der Waals surface area contributed by atoms with Crippen LogP contribution in [0.15, 0.2) is 54.6 Å². The Morgan fingerprint density at radius 2 is 1.98 bits per heavy atom. The van der Waals surface area contributed by atoms with Crippen LogP contribution in [-0.2, 0) is 28.5 Å². The van der Waals surface area contributed by atoms with Crippen LogP contribution in [0.25, 0.3) is 43.9 Å². The molecule has 5 aromatic rings. The lowest BCUT2D eigenvalue weighted by molar-refractivity contribution is -0.129. The third-order valence-electron chi connectivity index (χ3n) is 9.20. The van der Waals surface area contributed by atoms with Gasteiger partial charge in [-0.3, -0.25) is 19.4 Å². The quantitative estimate of drug-likeness (QED) is 0.104. The minimum atomic E-state index is -3.23. The van der Waals surface area contributed by atoms with Crippen molar-refractivity contribution in [3.63, 3.8) is 0 Å². The summed E-state index contributed by atoms with van der Waals surface area (Å²) in [6.07, 6.45) is 2.61. The van der Waals surface area contributed by atoms with Crippen LogP contribution in [0.1, 0.15) is 29.9 Å². The van der Waals surface area contributed by atoms with Gasteiger partial charge in [-0.05, 0) is 42.1 Å². The normalized spacial score (nSPS) is 17.0. The maximum Gasteiger partial charge on any atom is 0.302 e. The van der Waals surface area contributed by atoms with Crippen molar-refractivity contribution in [3.05, 3.63) is 83.1 Å². The van der Waals surface area contributed by atoms with E-state index in [1.54, 1.807) is 33.2 Å². The number of amides is 1. The number of carbonyl (C=O) groups excluding carboxylic acids is 1. The summed E-state index contributed by atoms with van der Waals surface area (Å²) in [5.74, 6) is -5.23. The minimum absolute atomic E-state index is 0.0169. The number of benzene rings is 1. The predicted molar refractivity (Wildman–Crippen MR) is 183 cm³/mol. The fourth-order valence-electron chi connectivity index (χ4n) is 6.88. The highest BCUT2D eigenvalue weighted by atomic mass is 32.1. The number of thiophene rings is 1. The number of carbonyl (C=O) groups is 1. The van der Waals surface area contributed by atoms with Crippen LogP contribution in [0.3, 0.4) is 0 Å². The van der Waals surface area contributed by atoms with E-state index in [2.05, 4.69) is 11.6 Å². The molecule has 1 N–H and O–H groups in total. The Hall–Kier alpha value is -4.70. The fourth-order valence-corrected chi connectivity index (χ4v) is 7.83. The monoisotopic (exact) mass is 722 g/mol. The smallest absolute Gasteiger partial charge is 0.302 e. The van der Waals surface area contributed by atoms with Crippen molar-refractivity contribution >= 4 is 27.3 Å². The van der Waals surface area contributed by atoms with Gasteiger partial charge in [0.05, 0.1) is 49.3 Å². The molecule has 0 fully saturated rings. The van der Waals surface area contributed by atoms with Crippen molar-refractivity contribution in [3.8, 4) is 39.5 Å². The van der Waals surface area contributed by atoms with Crippen LogP contribution in [0.5, 0.6) is 5.75 Å². The second kappa shape index (κ2) is 13.8. The summed E-state index contributed by atoms with van der Waals surface area (Å²) >= 11 is 1.30. The maximum atomic E-state index is 16.1. The molecule has 0 saturated heterocycles. The number of alkyl halides is 2. The van der Waals surface area contributed by atoms with Crippen molar-refractivity contribution in [1.29, 1.82) is 0 Å². The second-order valence-electron chi connectivity index (χ2n) is 12.4. The van der Waals surface area contributed by atoms with E-state index in [1.807, 2.05) is 6.92 Å². The van der Waals surface area contributed by atoms with Crippen molar-refractivity contribution in [2.24, 2.45) is 0 Å². The van der Waals surface area contributed by atoms with Crippen LogP contribution in [-0.4, -0.2) is 87.1 Å². The molecular weight excluding hydrogens is 688 g/mol. The highest BCUT2D eigenvalue weighted by Gasteiger charge is 2.42. The molecule has 266 valence electrons. The van der Waals surface area contributed by atoms with Gasteiger partial charge in [0.1, 0.15) is 41.1 Å². The summed E-state index contributed by atoms with van der Waals surface area (Å²) in [5.41, 5.74) is 2.39. The molecule has 0 radical (unpaired) electrons. The molecule has 6 heterocycles. The van der Waals surface area contributed by atoms with Crippen molar-refractivity contribution in [2.45, 2.75) is 32.0 Å². The van der Waals surface area contributed by atoms with Crippen LogP contribution >= 0.6 is 11.3 Å². The molecule has 0 spiro atoms. The van der Waals surface area contributed by atoms with Gasteiger partial charge in [-0.1, -0.05) is 6.58 Å². The number of hydrogen-bond donors (Lipinski definition) is 1. The zero-order chi connectivity index (χ0) is 36.0. The van der Waals surface area contributed by atoms with Gasteiger partial charge in [0, 0.05) is 66.3 Å². The number of β-amino-alcohol motifs (C(OH)–C–C–N with tert-alkyl or cyclic N) is 1. The second-order valence-corrected chi connectivity index (χ2v) is 13.3. The first-order valence-electron chi connectivity index (χ1n) is 16.3. The Bertz CT molecular complexity index is 2150. The zero-order valence-electron chi connectivity index (χ0n) is 27.8. The standard InChI is InChI=1S/C36H34F4N6O4S/c1-4-29(48)45-6-7-46-27(20(45)2)16-26(43-46)33-31(30-25(38)14-23(37)15-28(30)50-11-10-49-3)34-24(5-12-51-34)32(42-33)21-13-22-18-44(8-9-47)19-36(39,40)35(22)41-17-21/h4-5,12-17,20,47H,1,6-11,18-19H2,2-3H3/t20-/m1/s1. The number of methoxy groups -OCH3 is 1. The SMILES string of the molecule is C=CC(=O)N1CCn2nc(-c3nc(-c4cnc5c(c4)CN(CCO)CC5(F)F)c4ccsc4c3-c3c(F)cc(F)cc3OCCOC)cc2[C@H]1C. The summed E-state index contributed by atoms with van der Waals surface area (Å²) in [6.45, 7) is 5.83. The van der Waals surface area contributed by atoms with Crippen molar-refractivity contribution in [1.82, 2.24) is 29.5 Å². The molecule has 1 amide bonds. The summed E-state index contributed by atoms with van der Waals surface area (Å²) < 4.78 is 74.5. The molecule has 1 atom stereocenters. The number of hydrogen-bond acceptors (Lipinski definition) is 9. The molecule has 4 aromatic heterocycles. The van der Waals surface area contributed by atoms with E-state index in [1.165, 1.54) is 35.6 Å². The topological polar surface area (TPSA) is 106 Å². The molecule has 51 heavy (non-hydrogen) atoms. The Morgan fingerprint density at radius 3 is 2.75 bits per heavy atom. The van der Waals surface area contributed by atoms with Crippen LogP contribution in [0.2, 0.25) is 0 Å². The van der Waals surface area contributed by atoms with E-state index in [4.69, 9.17) is 19.6 Å². The van der Waals surface area contributed by atoms with Crippen LogP contribution in [0.4, 0.5) is 17.6 Å². The van der Waals surface area contributed by atoms with Gasteiger partial charge in [0.2, 0.25) is 5.91 Å². The van der Waals surface area contributed by atoms with E-state index < -0.39 is 24.1 Å². The first kappa shape index (κ1) is 34.7. The van der Waals surface area contributed by atoms with Crippen molar-refractivity contribution < 1.29 is 36.9 Å². The summed E-state index contributed by atoms with van der Waals surface area (Å²) in [6, 6.07) is 6.72. The van der Waals surface area contributed by atoms with E-state index in [9.17, 15) is 14.3 Å². The molecule has 0 unspecified atom stereocenters. The Balaban J connectivity index is 1.47. The van der Waals surface area contributed by atoms with Crippen molar-refractivity contribution in [2.75, 3.05) is 46.6 Å². The fraction of sp³-hybridized carbons (Fsp3) is 0.333. The van der Waals surface area contributed by atoms with E-state index in [0.717, 1.165) is 12.1 Å². The van der Waals surface area contributed by atoms with Gasteiger partial charge < -0.3 is 19.5 Å². The lowest BCUT2D eigenvalue weighted by atomic mass is 9.95.